The second-order valence-corrected chi connectivity index (χ2v) is 10.6. The van der Waals surface area contributed by atoms with E-state index < -0.39 is 17.6 Å². The first kappa shape index (κ1) is 28.6. The van der Waals surface area contributed by atoms with Gasteiger partial charge in [0.15, 0.2) is 5.13 Å². The molecule has 5 aromatic rings. The van der Waals surface area contributed by atoms with E-state index in [0.717, 1.165) is 33.3 Å². The SMILES string of the molecule is O=C(O)CCNC(=O)c1ccc(CN(Cc2ccc(F)cc2F)c2nc(-c3ccccc3)c(-c3ccccc3)s2)cc1. The molecular formula is C33H27F2N3O3S. The topological polar surface area (TPSA) is 82.5 Å². The molecule has 0 unspecified atom stereocenters. The number of thiazole rings is 1. The summed E-state index contributed by atoms with van der Waals surface area (Å²) in [5, 5.41) is 12.0. The monoisotopic (exact) mass is 583 g/mol. The van der Waals surface area contributed by atoms with Crippen LogP contribution in [-0.2, 0) is 17.9 Å². The first-order chi connectivity index (χ1) is 20.4. The van der Waals surface area contributed by atoms with Crippen molar-refractivity contribution in [1.82, 2.24) is 10.3 Å². The van der Waals surface area contributed by atoms with Gasteiger partial charge in [0.05, 0.1) is 17.0 Å². The Morgan fingerprint density at radius 3 is 2.14 bits per heavy atom. The van der Waals surface area contributed by atoms with Crippen LogP contribution in [0.1, 0.15) is 27.9 Å². The first-order valence-corrected chi connectivity index (χ1v) is 14.1. The van der Waals surface area contributed by atoms with Gasteiger partial charge in [0, 0.05) is 42.4 Å². The number of carboxylic acid groups (broad SMARTS) is 1. The minimum Gasteiger partial charge on any atom is -0.481 e. The summed E-state index contributed by atoms with van der Waals surface area (Å²) in [4.78, 5) is 31.1. The Hall–Kier alpha value is -4.89. The van der Waals surface area contributed by atoms with Crippen LogP contribution in [0, 0.1) is 11.6 Å². The second kappa shape index (κ2) is 13.2. The highest BCUT2D eigenvalue weighted by molar-refractivity contribution is 7.19. The molecule has 6 nitrogen and oxygen atoms in total. The molecular weight excluding hydrogens is 556 g/mol. The number of carbonyl (C=O) groups excluding carboxylic acids is 1. The molecule has 0 aliphatic rings. The molecule has 0 aliphatic heterocycles. The summed E-state index contributed by atoms with van der Waals surface area (Å²) >= 11 is 1.49. The van der Waals surface area contributed by atoms with E-state index in [1.165, 1.54) is 23.5 Å². The number of rotatable bonds is 11. The summed E-state index contributed by atoms with van der Waals surface area (Å²) in [6, 6.07) is 30.2. The number of aromatic nitrogens is 1. The molecule has 0 fully saturated rings. The molecule has 42 heavy (non-hydrogen) atoms. The van der Waals surface area contributed by atoms with Crippen LogP contribution >= 0.6 is 11.3 Å². The van der Waals surface area contributed by atoms with Crippen molar-refractivity contribution in [1.29, 1.82) is 0 Å². The highest BCUT2D eigenvalue weighted by atomic mass is 32.1. The van der Waals surface area contributed by atoms with Crippen molar-refractivity contribution in [3.63, 3.8) is 0 Å². The number of benzene rings is 4. The molecule has 5 rings (SSSR count). The van der Waals surface area contributed by atoms with Crippen LogP contribution in [0.4, 0.5) is 13.9 Å². The lowest BCUT2D eigenvalue weighted by Gasteiger charge is -2.23. The molecule has 9 heteroatoms. The number of halogens is 2. The second-order valence-electron chi connectivity index (χ2n) is 9.59. The zero-order valence-electron chi connectivity index (χ0n) is 22.5. The summed E-state index contributed by atoms with van der Waals surface area (Å²) in [7, 11) is 0. The minimum atomic E-state index is -0.989. The van der Waals surface area contributed by atoms with Gasteiger partial charge >= 0.3 is 5.97 Å². The number of nitrogens with zero attached hydrogens (tertiary/aromatic N) is 2. The fourth-order valence-electron chi connectivity index (χ4n) is 4.43. The highest BCUT2D eigenvalue weighted by Crippen LogP contribution is 2.41. The van der Waals surface area contributed by atoms with Crippen LogP contribution in [0.15, 0.2) is 103 Å². The average Bonchev–Trinajstić information content (AvgIpc) is 3.45. The number of carbonyl (C=O) groups is 2. The predicted molar refractivity (Wildman–Crippen MR) is 160 cm³/mol. The van der Waals surface area contributed by atoms with Crippen molar-refractivity contribution in [2.75, 3.05) is 11.4 Å². The summed E-state index contributed by atoms with van der Waals surface area (Å²) in [6.45, 7) is 0.512. The van der Waals surface area contributed by atoms with Crippen LogP contribution in [-0.4, -0.2) is 28.5 Å². The van der Waals surface area contributed by atoms with Gasteiger partial charge in [0.1, 0.15) is 11.6 Å². The number of amides is 1. The lowest BCUT2D eigenvalue weighted by atomic mass is 10.1. The van der Waals surface area contributed by atoms with Crippen molar-refractivity contribution in [3.8, 4) is 21.7 Å². The fourth-order valence-corrected chi connectivity index (χ4v) is 5.53. The van der Waals surface area contributed by atoms with Gasteiger partial charge in [-0.1, -0.05) is 90.2 Å². The number of carboxylic acids is 1. The van der Waals surface area contributed by atoms with E-state index in [1.807, 2.05) is 65.6 Å². The number of aliphatic carboxylic acids is 1. The van der Waals surface area contributed by atoms with E-state index in [-0.39, 0.29) is 25.4 Å². The van der Waals surface area contributed by atoms with Crippen molar-refractivity contribution in [2.24, 2.45) is 0 Å². The van der Waals surface area contributed by atoms with Crippen LogP contribution in [0.5, 0.6) is 0 Å². The average molecular weight is 584 g/mol. The Bertz CT molecular complexity index is 1620. The Balaban J connectivity index is 1.49. The molecule has 212 valence electrons. The maximum Gasteiger partial charge on any atom is 0.305 e. The molecule has 0 radical (unpaired) electrons. The van der Waals surface area contributed by atoms with Crippen LogP contribution in [0.2, 0.25) is 0 Å². The molecule has 0 bridgehead atoms. The smallest absolute Gasteiger partial charge is 0.305 e. The standard InChI is InChI=1S/C33H27F2N3O3S/c34-27-16-15-26(28(35)19-27)21-38(20-22-11-13-25(14-12-22)32(41)36-18-17-29(39)40)33-37-30(23-7-3-1-4-8-23)31(42-33)24-9-5-2-6-10-24/h1-16,19H,17-18,20-21H2,(H,36,41)(H,39,40). The van der Waals surface area contributed by atoms with Gasteiger partial charge in [-0.05, 0) is 29.3 Å². The predicted octanol–water partition coefficient (Wildman–Crippen LogP) is 7.17. The van der Waals surface area contributed by atoms with Crippen molar-refractivity contribution >= 4 is 28.3 Å². The summed E-state index contributed by atoms with van der Waals surface area (Å²) in [6.07, 6.45) is -0.164. The van der Waals surface area contributed by atoms with Gasteiger partial charge in [0.2, 0.25) is 0 Å². The van der Waals surface area contributed by atoms with Gasteiger partial charge in [0.25, 0.3) is 5.91 Å². The third kappa shape index (κ3) is 7.05. The minimum absolute atomic E-state index is 0.0322. The molecule has 4 aromatic carbocycles. The third-order valence-corrected chi connectivity index (χ3v) is 7.73. The fraction of sp³-hybridized carbons (Fsp3) is 0.121. The zero-order valence-corrected chi connectivity index (χ0v) is 23.3. The maximum absolute atomic E-state index is 14.8. The van der Waals surface area contributed by atoms with E-state index in [2.05, 4.69) is 5.32 Å². The summed E-state index contributed by atoms with van der Waals surface area (Å²) in [5.41, 5.74) is 4.32. The van der Waals surface area contributed by atoms with Gasteiger partial charge < -0.3 is 15.3 Å². The normalized spacial score (nSPS) is 10.8. The van der Waals surface area contributed by atoms with Crippen LogP contribution < -0.4 is 10.2 Å². The van der Waals surface area contributed by atoms with Gasteiger partial charge in [-0.3, -0.25) is 9.59 Å². The van der Waals surface area contributed by atoms with Gasteiger partial charge in [-0.25, -0.2) is 13.8 Å². The van der Waals surface area contributed by atoms with Crippen LogP contribution in [0.25, 0.3) is 21.7 Å². The maximum atomic E-state index is 14.8. The van der Waals surface area contributed by atoms with E-state index >= 15 is 0 Å². The lowest BCUT2D eigenvalue weighted by Crippen LogP contribution is -2.26. The number of hydrogen-bond donors (Lipinski definition) is 2. The summed E-state index contributed by atoms with van der Waals surface area (Å²) in [5.74, 6) is -2.65. The molecule has 0 saturated heterocycles. The Labute approximate surface area is 245 Å². The Kier molecular flexibility index (Phi) is 8.99. The van der Waals surface area contributed by atoms with Crippen molar-refractivity contribution < 1.29 is 23.5 Å². The molecule has 0 saturated carbocycles. The van der Waals surface area contributed by atoms with E-state index in [0.29, 0.717) is 22.8 Å². The molecule has 1 heterocycles. The van der Waals surface area contributed by atoms with E-state index in [4.69, 9.17) is 10.1 Å². The van der Waals surface area contributed by atoms with Gasteiger partial charge in [-0.2, -0.15) is 0 Å². The van der Waals surface area contributed by atoms with Crippen molar-refractivity contribution in [3.05, 3.63) is 131 Å². The van der Waals surface area contributed by atoms with E-state index in [1.54, 1.807) is 24.3 Å². The molecule has 0 atom stereocenters. The molecule has 2 N–H and O–H groups in total. The highest BCUT2D eigenvalue weighted by Gasteiger charge is 2.21. The van der Waals surface area contributed by atoms with Gasteiger partial charge in [-0.15, -0.1) is 0 Å². The molecule has 0 aliphatic carbocycles. The molecule has 0 spiro atoms. The number of anilines is 1. The number of nitrogens with one attached hydrogen (secondary N) is 1. The van der Waals surface area contributed by atoms with Crippen molar-refractivity contribution in [2.45, 2.75) is 19.5 Å². The Morgan fingerprint density at radius 1 is 0.833 bits per heavy atom. The molecule has 1 amide bonds. The number of hydrogen-bond acceptors (Lipinski definition) is 5. The van der Waals surface area contributed by atoms with Crippen LogP contribution in [0.3, 0.4) is 0 Å². The zero-order chi connectivity index (χ0) is 29.5. The quantitative estimate of drug-likeness (QED) is 0.172. The first-order valence-electron chi connectivity index (χ1n) is 13.3. The van der Waals surface area contributed by atoms with E-state index in [9.17, 15) is 18.4 Å². The summed E-state index contributed by atoms with van der Waals surface area (Å²) < 4.78 is 28.5. The third-order valence-electron chi connectivity index (χ3n) is 6.56. The molecule has 1 aromatic heterocycles. The lowest BCUT2D eigenvalue weighted by molar-refractivity contribution is -0.136. The largest absolute Gasteiger partial charge is 0.481 e. The Morgan fingerprint density at radius 2 is 1.50 bits per heavy atom.